The minimum absolute atomic E-state index is 0.398. The summed E-state index contributed by atoms with van der Waals surface area (Å²) in [7, 11) is 0. The Balaban J connectivity index is 1.57. The number of benzene rings is 1. The topological polar surface area (TPSA) is 92.0 Å². The molecular weight excluding hydrogens is 356 g/mol. The highest BCUT2D eigenvalue weighted by atomic mass is 79.9. The molecule has 0 spiro atoms. The van der Waals surface area contributed by atoms with Gasteiger partial charge in [-0.3, -0.25) is 5.10 Å². The zero-order valence-corrected chi connectivity index (χ0v) is 14.5. The van der Waals surface area contributed by atoms with Crippen LogP contribution in [0.3, 0.4) is 0 Å². The molecule has 0 bridgehead atoms. The summed E-state index contributed by atoms with van der Waals surface area (Å²) >= 11 is 3.42. The van der Waals surface area contributed by atoms with Crippen LogP contribution in [-0.2, 0) is 6.54 Å². The fourth-order valence-corrected chi connectivity index (χ4v) is 3.02. The first kappa shape index (κ1) is 16.0. The second-order valence-corrected chi connectivity index (χ2v) is 6.71. The number of H-pyrrole nitrogens is 1. The minimum Gasteiger partial charge on any atom is -0.370 e. The molecule has 1 fully saturated rings. The molecule has 1 heterocycles. The third-order valence-corrected chi connectivity index (χ3v) is 4.52. The molecule has 1 aromatic carbocycles. The molecule has 23 heavy (non-hydrogen) atoms. The standard InChI is InChI=1S/C16H21BrN6/c17-12-8-6-11(7-9-12)15-21-14(22-23-15)10-19-16(18)20-13-4-2-1-3-5-13/h6-9,13H,1-5,10H2,(H3,18,19,20)(H,21,22,23). The van der Waals surface area contributed by atoms with Crippen LogP contribution in [-0.4, -0.2) is 27.2 Å². The molecule has 4 N–H and O–H groups in total. The smallest absolute Gasteiger partial charge is 0.189 e. The van der Waals surface area contributed by atoms with Gasteiger partial charge in [-0.15, -0.1) is 0 Å². The van der Waals surface area contributed by atoms with Gasteiger partial charge in [0.05, 0.1) is 0 Å². The van der Waals surface area contributed by atoms with E-state index in [2.05, 4.69) is 41.4 Å². The Kier molecular flexibility index (Phi) is 5.27. The highest BCUT2D eigenvalue weighted by Crippen LogP contribution is 2.18. The summed E-state index contributed by atoms with van der Waals surface area (Å²) in [6.45, 7) is 0.398. The molecule has 1 aliphatic carbocycles. The van der Waals surface area contributed by atoms with Crippen LogP contribution in [0.5, 0.6) is 0 Å². The first-order valence-corrected chi connectivity index (χ1v) is 8.74. The van der Waals surface area contributed by atoms with E-state index in [0.717, 1.165) is 10.0 Å². The molecule has 7 heteroatoms. The van der Waals surface area contributed by atoms with Crippen molar-refractivity contribution in [3.8, 4) is 11.4 Å². The number of aromatic nitrogens is 3. The number of hydrogen-bond acceptors (Lipinski definition) is 3. The second-order valence-electron chi connectivity index (χ2n) is 5.79. The van der Waals surface area contributed by atoms with Gasteiger partial charge in [0.2, 0.25) is 0 Å². The Bertz CT molecular complexity index is 657. The lowest BCUT2D eigenvalue weighted by Gasteiger charge is -2.23. The maximum Gasteiger partial charge on any atom is 0.189 e. The molecule has 1 aliphatic rings. The molecule has 3 rings (SSSR count). The fraction of sp³-hybridized carbons (Fsp3) is 0.438. The van der Waals surface area contributed by atoms with Crippen molar-refractivity contribution in [2.75, 3.05) is 0 Å². The van der Waals surface area contributed by atoms with E-state index in [4.69, 9.17) is 5.73 Å². The zero-order chi connectivity index (χ0) is 16.1. The van der Waals surface area contributed by atoms with Crippen molar-refractivity contribution < 1.29 is 0 Å². The van der Waals surface area contributed by atoms with E-state index in [-0.39, 0.29) is 0 Å². The van der Waals surface area contributed by atoms with Crippen LogP contribution in [0.1, 0.15) is 37.9 Å². The molecular formula is C16H21BrN6. The number of halogens is 1. The van der Waals surface area contributed by atoms with Crippen LogP contribution >= 0.6 is 15.9 Å². The average Bonchev–Trinajstić information content (AvgIpc) is 3.04. The number of hydrogen-bond donors (Lipinski definition) is 3. The second kappa shape index (κ2) is 7.59. The zero-order valence-electron chi connectivity index (χ0n) is 12.9. The molecule has 0 saturated heterocycles. The van der Waals surface area contributed by atoms with Crippen LogP contribution in [0.15, 0.2) is 33.7 Å². The Morgan fingerprint density at radius 3 is 2.74 bits per heavy atom. The number of rotatable bonds is 4. The molecule has 122 valence electrons. The quantitative estimate of drug-likeness (QED) is 0.564. The highest BCUT2D eigenvalue weighted by Gasteiger charge is 2.13. The van der Waals surface area contributed by atoms with Gasteiger partial charge in [-0.05, 0) is 25.0 Å². The molecule has 0 aliphatic heterocycles. The average molecular weight is 377 g/mol. The molecule has 0 atom stereocenters. The van der Waals surface area contributed by atoms with Crippen molar-refractivity contribution >= 4 is 21.9 Å². The summed E-state index contributed by atoms with van der Waals surface area (Å²) in [5, 5.41) is 10.4. The largest absolute Gasteiger partial charge is 0.370 e. The van der Waals surface area contributed by atoms with Crippen LogP contribution in [0.25, 0.3) is 11.4 Å². The number of nitrogens with two attached hydrogens (primary N) is 1. The van der Waals surface area contributed by atoms with Crippen LogP contribution in [0.4, 0.5) is 0 Å². The number of nitrogens with one attached hydrogen (secondary N) is 2. The monoisotopic (exact) mass is 376 g/mol. The van der Waals surface area contributed by atoms with Gasteiger partial charge in [0, 0.05) is 16.1 Å². The Hall–Kier alpha value is -1.89. The van der Waals surface area contributed by atoms with E-state index in [0.29, 0.717) is 30.2 Å². The van der Waals surface area contributed by atoms with E-state index >= 15 is 0 Å². The summed E-state index contributed by atoms with van der Waals surface area (Å²) in [6.07, 6.45) is 6.21. The van der Waals surface area contributed by atoms with Crippen molar-refractivity contribution in [2.24, 2.45) is 10.7 Å². The van der Waals surface area contributed by atoms with E-state index in [1.807, 2.05) is 24.3 Å². The van der Waals surface area contributed by atoms with Gasteiger partial charge >= 0.3 is 0 Å². The summed E-state index contributed by atoms with van der Waals surface area (Å²) in [5.74, 6) is 1.86. The summed E-state index contributed by atoms with van der Waals surface area (Å²) < 4.78 is 1.03. The third kappa shape index (κ3) is 4.54. The van der Waals surface area contributed by atoms with Gasteiger partial charge in [-0.25, -0.2) is 9.98 Å². The lowest BCUT2D eigenvalue weighted by molar-refractivity contribution is 0.412. The molecule has 1 aromatic heterocycles. The summed E-state index contributed by atoms with van der Waals surface area (Å²) in [4.78, 5) is 8.81. The maximum absolute atomic E-state index is 5.96. The van der Waals surface area contributed by atoms with Crippen molar-refractivity contribution in [1.29, 1.82) is 0 Å². The van der Waals surface area contributed by atoms with Gasteiger partial charge in [0.25, 0.3) is 0 Å². The lowest BCUT2D eigenvalue weighted by Crippen LogP contribution is -2.41. The van der Waals surface area contributed by atoms with E-state index in [9.17, 15) is 0 Å². The maximum atomic E-state index is 5.96. The van der Waals surface area contributed by atoms with Crippen molar-refractivity contribution in [3.05, 3.63) is 34.6 Å². The normalized spacial score (nSPS) is 16.5. The molecule has 2 aromatic rings. The van der Waals surface area contributed by atoms with Crippen LogP contribution in [0, 0.1) is 0 Å². The van der Waals surface area contributed by atoms with E-state index < -0.39 is 0 Å². The number of nitrogens with zero attached hydrogens (tertiary/aromatic N) is 3. The van der Waals surface area contributed by atoms with E-state index in [1.165, 1.54) is 32.1 Å². The Labute approximate surface area is 144 Å². The van der Waals surface area contributed by atoms with E-state index in [1.54, 1.807) is 0 Å². The lowest BCUT2D eigenvalue weighted by atomic mass is 9.96. The molecule has 6 nitrogen and oxygen atoms in total. The van der Waals surface area contributed by atoms with Crippen molar-refractivity contribution in [2.45, 2.75) is 44.7 Å². The summed E-state index contributed by atoms with van der Waals surface area (Å²) in [5.41, 5.74) is 6.92. The fourth-order valence-electron chi connectivity index (χ4n) is 2.76. The Morgan fingerprint density at radius 1 is 1.26 bits per heavy atom. The Morgan fingerprint density at radius 2 is 2.00 bits per heavy atom. The van der Waals surface area contributed by atoms with Crippen molar-refractivity contribution in [1.82, 2.24) is 20.5 Å². The van der Waals surface area contributed by atoms with Crippen LogP contribution in [0.2, 0.25) is 0 Å². The number of aliphatic imine (C=N–C) groups is 1. The van der Waals surface area contributed by atoms with Gasteiger partial charge in [-0.1, -0.05) is 47.3 Å². The molecule has 0 unspecified atom stereocenters. The predicted molar refractivity (Wildman–Crippen MR) is 94.9 cm³/mol. The van der Waals surface area contributed by atoms with Crippen LogP contribution < -0.4 is 11.1 Å². The van der Waals surface area contributed by atoms with Gasteiger partial charge in [-0.2, -0.15) is 5.10 Å². The van der Waals surface area contributed by atoms with Gasteiger partial charge in [0.15, 0.2) is 11.8 Å². The number of aromatic amines is 1. The third-order valence-electron chi connectivity index (χ3n) is 3.99. The molecule has 1 saturated carbocycles. The molecule has 0 radical (unpaired) electrons. The van der Waals surface area contributed by atoms with Crippen molar-refractivity contribution in [3.63, 3.8) is 0 Å². The highest BCUT2D eigenvalue weighted by molar-refractivity contribution is 9.10. The number of guanidine groups is 1. The van der Waals surface area contributed by atoms with Gasteiger partial charge in [0.1, 0.15) is 12.4 Å². The first-order valence-electron chi connectivity index (χ1n) is 7.94. The minimum atomic E-state index is 0.398. The summed E-state index contributed by atoms with van der Waals surface area (Å²) in [6, 6.07) is 8.34. The first-order chi connectivity index (χ1) is 11.2. The SMILES string of the molecule is NC(=NCc1nc(-c2ccc(Br)cc2)n[nH]1)NC1CCCCC1. The molecule has 0 amide bonds. The predicted octanol–water partition coefficient (Wildman–Crippen LogP) is 2.97. The van der Waals surface area contributed by atoms with Gasteiger partial charge < -0.3 is 11.1 Å².